The average Bonchev–Trinajstić information content (AvgIpc) is 3.47. The molecule has 0 N–H and O–H groups in total. The molecule has 0 radical (unpaired) electrons. The molecule has 0 aromatic rings. The minimum Gasteiger partial charge on any atom is -0.462 e. The smallest absolute Gasteiger partial charge is 0.306 e. The van der Waals surface area contributed by atoms with Crippen LogP contribution in [0.5, 0.6) is 0 Å². The minimum absolute atomic E-state index is 0.0885. The van der Waals surface area contributed by atoms with Gasteiger partial charge in [0.15, 0.2) is 6.10 Å². The number of carbonyl (C=O) groups is 3. The highest BCUT2D eigenvalue weighted by atomic mass is 16.6. The standard InChI is InChI=1S/C75H126O6/c1-4-7-10-13-16-19-22-24-26-28-30-32-33-34-35-36-37-38-39-40-41-43-44-46-48-50-53-56-59-62-65-68-74(77)80-71-72(70-79-73(76)67-64-61-58-55-52-21-18-15-12-9-6-3)81-75(78)69-66-63-60-57-54-51-49-47-45-42-31-29-27-25-23-20-17-14-11-8-5-2/h7,10,16,19,24,26,29-32,34-35,37-38,40-41,44,46,50,53,72H,4-6,8-9,11-15,17-18,20-23,25,27-28,33,36,39,42-43,45,47-49,51-52,54-71H2,1-3H3/b10-7-,19-16-,26-24-,31-29-,32-30-,35-34-,38-37-,41-40-,46-44-,53-50-. The number of carbonyl (C=O) groups excluding carboxylic acids is 3. The molecule has 6 nitrogen and oxygen atoms in total. The molecule has 0 saturated carbocycles. The lowest BCUT2D eigenvalue weighted by molar-refractivity contribution is -0.167. The molecular formula is C75H126O6. The lowest BCUT2D eigenvalue weighted by Gasteiger charge is -2.18. The fourth-order valence-electron chi connectivity index (χ4n) is 9.37. The number of esters is 3. The summed E-state index contributed by atoms with van der Waals surface area (Å²) >= 11 is 0. The Hall–Kier alpha value is -4.19. The highest BCUT2D eigenvalue weighted by Crippen LogP contribution is 2.16. The summed E-state index contributed by atoms with van der Waals surface area (Å²) in [7, 11) is 0. The van der Waals surface area contributed by atoms with Crippen molar-refractivity contribution in [3.05, 3.63) is 122 Å². The fraction of sp³-hybridized carbons (Fsp3) is 0.693. The van der Waals surface area contributed by atoms with Gasteiger partial charge in [-0.15, -0.1) is 0 Å². The van der Waals surface area contributed by atoms with Gasteiger partial charge in [-0.1, -0.05) is 303 Å². The first kappa shape index (κ1) is 76.8. The molecule has 462 valence electrons. The molecule has 81 heavy (non-hydrogen) atoms. The van der Waals surface area contributed by atoms with Gasteiger partial charge in [0.25, 0.3) is 0 Å². The number of hydrogen-bond acceptors (Lipinski definition) is 6. The van der Waals surface area contributed by atoms with E-state index in [1.54, 1.807) is 0 Å². The molecule has 0 aromatic carbocycles. The first-order valence-corrected chi connectivity index (χ1v) is 34.0. The number of rotatable bonds is 61. The van der Waals surface area contributed by atoms with Crippen LogP contribution in [-0.4, -0.2) is 37.2 Å². The third-order valence-corrected chi connectivity index (χ3v) is 14.5. The Bertz CT molecular complexity index is 1670. The zero-order valence-electron chi connectivity index (χ0n) is 53.0. The molecule has 0 aliphatic carbocycles. The van der Waals surface area contributed by atoms with Gasteiger partial charge in [-0.2, -0.15) is 0 Å². The highest BCUT2D eigenvalue weighted by Gasteiger charge is 2.19. The Morgan fingerprint density at radius 2 is 0.481 bits per heavy atom. The maximum Gasteiger partial charge on any atom is 0.306 e. The molecule has 0 heterocycles. The summed E-state index contributed by atoms with van der Waals surface area (Å²) in [6, 6.07) is 0. The molecule has 0 aliphatic heterocycles. The topological polar surface area (TPSA) is 78.9 Å². The Kier molecular flexibility index (Phi) is 64.8. The molecule has 0 amide bonds. The van der Waals surface area contributed by atoms with Crippen molar-refractivity contribution in [2.45, 2.75) is 322 Å². The summed E-state index contributed by atoms with van der Waals surface area (Å²) < 4.78 is 16.9. The SMILES string of the molecule is CC/C=C\C/C=C\C/C=C\C/C=C\C/C=C\C/C=C\C/C=C\C/C=C\C/C=C\CCCCCC(=O)OCC(COC(=O)CCCCCCCCCCCCC)OC(=O)CCCCCCCCCCC/C=C\CCCCCCCCCC. The van der Waals surface area contributed by atoms with Crippen molar-refractivity contribution in [2.75, 3.05) is 13.2 Å². The van der Waals surface area contributed by atoms with Crippen molar-refractivity contribution in [3.63, 3.8) is 0 Å². The zero-order valence-corrected chi connectivity index (χ0v) is 53.0. The van der Waals surface area contributed by atoms with Crippen LogP contribution in [0.4, 0.5) is 0 Å². The second-order valence-corrected chi connectivity index (χ2v) is 22.4. The molecule has 0 bridgehead atoms. The lowest BCUT2D eigenvalue weighted by Crippen LogP contribution is -2.30. The molecule has 0 spiro atoms. The first-order chi connectivity index (χ1) is 40.0. The van der Waals surface area contributed by atoms with E-state index >= 15 is 0 Å². The van der Waals surface area contributed by atoms with Gasteiger partial charge in [0.05, 0.1) is 0 Å². The average molecular weight is 1120 g/mol. The van der Waals surface area contributed by atoms with Crippen LogP contribution in [0.2, 0.25) is 0 Å². The molecule has 0 fully saturated rings. The normalized spacial score (nSPS) is 12.9. The van der Waals surface area contributed by atoms with E-state index in [9.17, 15) is 14.4 Å². The maximum absolute atomic E-state index is 12.9. The Morgan fingerprint density at radius 1 is 0.259 bits per heavy atom. The van der Waals surface area contributed by atoms with Crippen molar-refractivity contribution in [1.29, 1.82) is 0 Å². The van der Waals surface area contributed by atoms with Gasteiger partial charge in [0, 0.05) is 19.3 Å². The van der Waals surface area contributed by atoms with Gasteiger partial charge >= 0.3 is 17.9 Å². The van der Waals surface area contributed by atoms with E-state index in [1.807, 2.05) is 0 Å². The first-order valence-electron chi connectivity index (χ1n) is 34.0. The molecule has 0 aliphatic rings. The van der Waals surface area contributed by atoms with E-state index in [0.29, 0.717) is 19.3 Å². The molecule has 1 atom stereocenters. The number of allylic oxidation sites excluding steroid dienone is 20. The van der Waals surface area contributed by atoms with Crippen LogP contribution in [0.25, 0.3) is 0 Å². The van der Waals surface area contributed by atoms with Crippen LogP contribution in [0.1, 0.15) is 316 Å². The maximum atomic E-state index is 12.9. The van der Waals surface area contributed by atoms with Gasteiger partial charge in [0.2, 0.25) is 0 Å². The summed E-state index contributed by atoms with van der Waals surface area (Å²) in [5, 5.41) is 0. The van der Waals surface area contributed by atoms with Crippen molar-refractivity contribution < 1.29 is 28.6 Å². The molecule has 6 heteroatoms. The summed E-state index contributed by atoms with van der Waals surface area (Å²) in [5.41, 5.74) is 0. The van der Waals surface area contributed by atoms with E-state index in [2.05, 4.69) is 142 Å². The summed E-state index contributed by atoms with van der Waals surface area (Å²) in [4.78, 5) is 38.3. The van der Waals surface area contributed by atoms with E-state index in [-0.39, 0.29) is 31.1 Å². The largest absolute Gasteiger partial charge is 0.462 e. The third kappa shape index (κ3) is 66.5. The fourth-order valence-corrected chi connectivity index (χ4v) is 9.37. The van der Waals surface area contributed by atoms with Gasteiger partial charge in [-0.3, -0.25) is 14.4 Å². The van der Waals surface area contributed by atoms with Crippen LogP contribution < -0.4 is 0 Å². The van der Waals surface area contributed by atoms with Crippen molar-refractivity contribution in [3.8, 4) is 0 Å². The van der Waals surface area contributed by atoms with Gasteiger partial charge < -0.3 is 14.2 Å². The van der Waals surface area contributed by atoms with Crippen LogP contribution in [0.3, 0.4) is 0 Å². The predicted molar refractivity (Wildman–Crippen MR) is 353 cm³/mol. The van der Waals surface area contributed by atoms with Gasteiger partial charge in [-0.05, 0) is 116 Å². The molecule has 0 rings (SSSR count). The molecule has 1 unspecified atom stereocenters. The summed E-state index contributed by atoms with van der Waals surface area (Å²) in [5.74, 6) is -0.918. The van der Waals surface area contributed by atoms with Gasteiger partial charge in [0.1, 0.15) is 13.2 Å². The Morgan fingerprint density at radius 3 is 0.778 bits per heavy atom. The Balaban J connectivity index is 4.34. The predicted octanol–water partition coefficient (Wildman–Crippen LogP) is 23.6. The van der Waals surface area contributed by atoms with Crippen molar-refractivity contribution >= 4 is 17.9 Å². The lowest BCUT2D eigenvalue weighted by atomic mass is 10.1. The minimum atomic E-state index is -0.795. The number of unbranched alkanes of at least 4 members (excludes halogenated alkanes) is 30. The molecule has 0 saturated heterocycles. The zero-order chi connectivity index (χ0) is 58.5. The summed E-state index contributed by atoms with van der Waals surface area (Å²) in [6.45, 7) is 6.51. The van der Waals surface area contributed by atoms with E-state index < -0.39 is 6.10 Å². The van der Waals surface area contributed by atoms with Crippen LogP contribution in [-0.2, 0) is 28.6 Å². The Labute approximate surface area is 501 Å². The van der Waals surface area contributed by atoms with Crippen molar-refractivity contribution in [2.24, 2.45) is 0 Å². The van der Waals surface area contributed by atoms with Crippen LogP contribution in [0.15, 0.2) is 122 Å². The summed E-state index contributed by atoms with van der Waals surface area (Å²) in [6.07, 6.45) is 95.0. The quantitative estimate of drug-likeness (QED) is 0.0261. The van der Waals surface area contributed by atoms with Crippen LogP contribution in [0, 0.1) is 0 Å². The highest BCUT2D eigenvalue weighted by molar-refractivity contribution is 5.71. The third-order valence-electron chi connectivity index (χ3n) is 14.5. The van der Waals surface area contributed by atoms with Crippen molar-refractivity contribution in [1.82, 2.24) is 0 Å². The number of ether oxygens (including phenoxy) is 3. The second kappa shape index (κ2) is 68.3. The van der Waals surface area contributed by atoms with Crippen LogP contribution >= 0.6 is 0 Å². The number of hydrogen-bond donors (Lipinski definition) is 0. The molecular weight excluding hydrogens is 997 g/mol. The van der Waals surface area contributed by atoms with Gasteiger partial charge in [-0.25, -0.2) is 0 Å². The van der Waals surface area contributed by atoms with E-state index in [1.165, 1.54) is 154 Å². The second-order valence-electron chi connectivity index (χ2n) is 22.4. The van der Waals surface area contributed by atoms with E-state index in [0.717, 1.165) is 122 Å². The monoisotopic (exact) mass is 1120 g/mol. The molecule has 0 aromatic heterocycles. The van der Waals surface area contributed by atoms with E-state index in [4.69, 9.17) is 14.2 Å².